The fraction of sp³-hybridized carbons (Fsp3) is 0.250. The molecule has 0 saturated carbocycles. The molecule has 2 N–H and O–H groups in total. The summed E-state index contributed by atoms with van der Waals surface area (Å²) in [6.07, 6.45) is 0.230. The zero-order valence-corrected chi connectivity index (χ0v) is 15.0. The summed E-state index contributed by atoms with van der Waals surface area (Å²) >= 11 is 0. The molecule has 0 aliphatic heterocycles. The number of carbonyl (C=O) groups is 2. The fourth-order valence-electron chi connectivity index (χ4n) is 2.36. The molecule has 6 nitrogen and oxygen atoms in total. The number of para-hydroxylation sites is 1. The van der Waals surface area contributed by atoms with E-state index in [9.17, 15) is 9.59 Å². The second kappa shape index (κ2) is 9.35. The standard InChI is InChI=1S/C20H22N4O2/c1-15-7-9-17(10-8-15)22-20(26)14-24(2)12-11-19(25)23-18-6-4-3-5-16(18)13-21/h3-10H,11-12,14H2,1-2H3,(H,22,26)(H,23,25). The number of amides is 2. The predicted molar refractivity (Wildman–Crippen MR) is 102 cm³/mol. The van der Waals surface area contributed by atoms with Gasteiger partial charge >= 0.3 is 0 Å². The molecule has 0 aliphatic rings. The van der Waals surface area contributed by atoms with E-state index in [1.54, 1.807) is 36.2 Å². The van der Waals surface area contributed by atoms with Gasteiger partial charge in [0.25, 0.3) is 0 Å². The number of nitrogens with one attached hydrogen (secondary N) is 2. The first-order chi connectivity index (χ1) is 12.5. The van der Waals surface area contributed by atoms with E-state index in [-0.39, 0.29) is 24.8 Å². The molecule has 0 bridgehead atoms. The van der Waals surface area contributed by atoms with Gasteiger partial charge in [-0.25, -0.2) is 0 Å². The summed E-state index contributed by atoms with van der Waals surface area (Å²) in [6.45, 7) is 2.61. The molecule has 0 unspecified atom stereocenters. The van der Waals surface area contributed by atoms with Gasteiger partial charge in [-0.05, 0) is 38.2 Å². The van der Waals surface area contributed by atoms with Crippen LogP contribution in [0.3, 0.4) is 0 Å². The van der Waals surface area contributed by atoms with Crippen LogP contribution in [0, 0.1) is 18.3 Å². The van der Waals surface area contributed by atoms with Crippen molar-refractivity contribution in [1.82, 2.24) is 4.90 Å². The summed E-state index contributed by atoms with van der Waals surface area (Å²) in [4.78, 5) is 25.9. The Balaban J connectivity index is 1.76. The van der Waals surface area contributed by atoms with Gasteiger partial charge in [-0.3, -0.25) is 14.5 Å². The van der Waals surface area contributed by atoms with E-state index in [1.165, 1.54) is 0 Å². The van der Waals surface area contributed by atoms with Crippen molar-refractivity contribution in [2.24, 2.45) is 0 Å². The van der Waals surface area contributed by atoms with E-state index in [2.05, 4.69) is 10.6 Å². The van der Waals surface area contributed by atoms with Gasteiger partial charge in [-0.1, -0.05) is 29.8 Å². The van der Waals surface area contributed by atoms with Crippen LogP contribution < -0.4 is 10.6 Å². The Kier molecular flexibility index (Phi) is 6.89. The maximum absolute atomic E-state index is 12.0. The van der Waals surface area contributed by atoms with E-state index in [0.717, 1.165) is 11.3 Å². The van der Waals surface area contributed by atoms with E-state index in [1.807, 2.05) is 37.3 Å². The molecule has 0 aliphatic carbocycles. The molecule has 134 valence electrons. The van der Waals surface area contributed by atoms with Crippen molar-refractivity contribution in [1.29, 1.82) is 5.26 Å². The van der Waals surface area contributed by atoms with Crippen LogP contribution in [0.25, 0.3) is 0 Å². The van der Waals surface area contributed by atoms with Crippen LogP contribution in [0.4, 0.5) is 11.4 Å². The highest BCUT2D eigenvalue weighted by atomic mass is 16.2. The topological polar surface area (TPSA) is 85.2 Å². The lowest BCUT2D eigenvalue weighted by atomic mass is 10.2. The van der Waals surface area contributed by atoms with Crippen molar-refractivity contribution in [2.75, 3.05) is 30.8 Å². The first kappa shape index (κ1) is 19.2. The van der Waals surface area contributed by atoms with Crippen LogP contribution >= 0.6 is 0 Å². The molecule has 0 fully saturated rings. The number of anilines is 2. The summed E-state index contributed by atoms with van der Waals surface area (Å²) in [5.41, 5.74) is 2.80. The van der Waals surface area contributed by atoms with Gasteiger partial charge in [-0.15, -0.1) is 0 Å². The quantitative estimate of drug-likeness (QED) is 0.804. The highest BCUT2D eigenvalue weighted by Crippen LogP contribution is 2.13. The maximum Gasteiger partial charge on any atom is 0.238 e. The first-order valence-corrected chi connectivity index (χ1v) is 8.32. The van der Waals surface area contributed by atoms with E-state index >= 15 is 0 Å². The molecule has 2 amide bonds. The van der Waals surface area contributed by atoms with Crippen molar-refractivity contribution >= 4 is 23.2 Å². The Morgan fingerprint density at radius 1 is 1.04 bits per heavy atom. The Labute approximate surface area is 153 Å². The molecule has 0 heterocycles. The molecule has 0 radical (unpaired) electrons. The average Bonchev–Trinajstić information content (AvgIpc) is 2.62. The van der Waals surface area contributed by atoms with Crippen LogP contribution in [0.1, 0.15) is 17.5 Å². The second-order valence-electron chi connectivity index (χ2n) is 6.11. The number of likely N-dealkylation sites (N-methyl/N-ethyl adjacent to an activating group) is 1. The second-order valence-corrected chi connectivity index (χ2v) is 6.11. The number of hydrogen-bond acceptors (Lipinski definition) is 4. The molecule has 2 aromatic carbocycles. The van der Waals surface area contributed by atoms with Crippen molar-refractivity contribution in [3.63, 3.8) is 0 Å². The average molecular weight is 350 g/mol. The molecular weight excluding hydrogens is 328 g/mol. The third kappa shape index (κ3) is 6.04. The number of nitriles is 1. The fourth-order valence-corrected chi connectivity index (χ4v) is 2.36. The monoisotopic (exact) mass is 350 g/mol. The summed E-state index contributed by atoms with van der Waals surface area (Å²) in [7, 11) is 1.78. The normalized spacial score (nSPS) is 10.2. The zero-order chi connectivity index (χ0) is 18.9. The van der Waals surface area contributed by atoms with Crippen molar-refractivity contribution < 1.29 is 9.59 Å². The van der Waals surface area contributed by atoms with Crippen molar-refractivity contribution in [2.45, 2.75) is 13.3 Å². The van der Waals surface area contributed by atoms with Crippen LogP contribution in [-0.2, 0) is 9.59 Å². The molecule has 0 aromatic heterocycles. The number of aryl methyl sites for hydroxylation is 1. The van der Waals surface area contributed by atoms with E-state index < -0.39 is 0 Å². The lowest BCUT2D eigenvalue weighted by Gasteiger charge is -2.16. The Hall–Kier alpha value is -3.17. The van der Waals surface area contributed by atoms with Crippen molar-refractivity contribution in [3.8, 4) is 6.07 Å². The lowest BCUT2D eigenvalue weighted by Crippen LogP contribution is -2.32. The molecule has 2 rings (SSSR count). The molecule has 0 saturated heterocycles. The summed E-state index contributed by atoms with van der Waals surface area (Å²) in [5.74, 6) is -0.329. The van der Waals surface area contributed by atoms with Crippen LogP contribution in [0.2, 0.25) is 0 Å². The lowest BCUT2D eigenvalue weighted by molar-refractivity contribution is -0.119. The Morgan fingerprint density at radius 3 is 2.42 bits per heavy atom. The number of nitrogens with zero attached hydrogens (tertiary/aromatic N) is 2. The van der Waals surface area contributed by atoms with Gasteiger partial charge in [-0.2, -0.15) is 5.26 Å². The third-order valence-corrected chi connectivity index (χ3v) is 3.79. The molecule has 0 atom stereocenters. The van der Waals surface area contributed by atoms with Crippen LogP contribution in [0.5, 0.6) is 0 Å². The largest absolute Gasteiger partial charge is 0.325 e. The molecular formula is C20H22N4O2. The van der Waals surface area contributed by atoms with E-state index in [0.29, 0.717) is 17.8 Å². The first-order valence-electron chi connectivity index (χ1n) is 8.32. The molecule has 6 heteroatoms. The minimum absolute atomic E-state index is 0.133. The highest BCUT2D eigenvalue weighted by molar-refractivity contribution is 5.93. The highest BCUT2D eigenvalue weighted by Gasteiger charge is 2.10. The molecule has 0 spiro atoms. The Morgan fingerprint density at radius 2 is 1.73 bits per heavy atom. The minimum atomic E-state index is -0.196. The van der Waals surface area contributed by atoms with Gasteiger partial charge in [0.2, 0.25) is 11.8 Å². The van der Waals surface area contributed by atoms with Gasteiger partial charge in [0, 0.05) is 18.7 Å². The SMILES string of the molecule is Cc1ccc(NC(=O)CN(C)CCC(=O)Nc2ccccc2C#N)cc1. The number of carbonyl (C=O) groups excluding carboxylic acids is 2. The minimum Gasteiger partial charge on any atom is -0.325 e. The molecule has 26 heavy (non-hydrogen) atoms. The smallest absolute Gasteiger partial charge is 0.238 e. The maximum atomic E-state index is 12.0. The zero-order valence-electron chi connectivity index (χ0n) is 15.0. The number of rotatable bonds is 7. The summed E-state index contributed by atoms with van der Waals surface area (Å²) < 4.78 is 0. The third-order valence-electron chi connectivity index (χ3n) is 3.79. The van der Waals surface area contributed by atoms with Crippen LogP contribution in [-0.4, -0.2) is 36.9 Å². The summed E-state index contributed by atoms with van der Waals surface area (Å²) in [6, 6.07) is 16.5. The summed E-state index contributed by atoms with van der Waals surface area (Å²) in [5, 5.41) is 14.6. The van der Waals surface area contributed by atoms with E-state index in [4.69, 9.17) is 5.26 Å². The van der Waals surface area contributed by atoms with Gasteiger partial charge < -0.3 is 10.6 Å². The number of hydrogen-bond donors (Lipinski definition) is 2. The number of benzene rings is 2. The predicted octanol–water partition coefficient (Wildman–Crippen LogP) is 2.77. The van der Waals surface area contributed by atoms with Gasteiger partial charge in [0.05, 0.1) is 17.8 Å². The van der Waals surface area contributed by atoms with Crippen molar-refractivity contribution in [3.05, 3.63) is 59.7 Å². The Bertz CT molecular complexity index is 809. The van der Waals surface area contributed by atoms with Gasteiger partial charge in [0.15, 0.2) is 0 Å². The molecule has 2 aromatic rings. The van der Waals surface area contributed by atoms with Gasteiger partial charge in [0.1, 0.15) is 6.07 Å². The van der Waals surface area contributed by atoms with Crippen LogP contribution in [0.15, 0.2) is 48.5 Å².